The van der Waals surface area contributed by atoms with Crippen LogP contribution in [0.2, 0.25) is 0 Å². The van der Waals surface area contributed by atoms with Gasteiger partial charge in [0.1, 0.15) is 17.1 Å². The van der Waals surface area contributed by atoms with E-state index in [1.165, 1.54) is 43.2 Å². The largest absolute Gasteiger partial charge is 0.508 e. The lowest BCUT2D eigenvalue weighted by atomic mass is 9.43. The molecule has 0 unspecified atom stereocenters. The van der Waals surface area contributed by atoms with E-state index >= 15 is 0 Å². The molecule has 0 spiro atoms. The molecular weight excluding hydrogens is 544 g/mol. The SMILES string of the molecule is C#C[C@]1(O)CC[C@H]2[C@@H]3CCc4cc(O)ccc4[C@H]3CC[C@@]21C.C[C@H]1CC(=O)C[C@@H]2CC[C@H]3[C@@H]4CC[C@H](O)[C@@]4(C)CC[C@@H]3[C@]21C. The predicted molar refractivity (Wildman–Crippen MR) is 174 cm³/mol. The molecule has 44 heavy (non-hydrogen) atoms. The number of rotatable bonds is 0. The van der Waals surface area contributed by atoms with Crippen molar-refractivity contribution in [1.82, 2.24) is 0 Å². The van der Waals surface area contributed by atoms with Crippen LogP contribution in [0.25, 0.3) is 0 Å². The highest BCUT2D eigenvalue weighted by Crippen LogP contribution is 2.67. The Balaban J connectivity index is 0.000000142. The Morgan fingerprint density at radius 3 is 2.41 bits per heavy atom. The molecule has 0 saturated heterocycles. The van der Waals surface area contributed by atoms with E-state index < -0.39 is 5.60 Å². The van der Waals surface area contributed by atoms with Crippen molar-refractivity contribution < 1.29 is 20.1 Å². The smallest absolute Gasteiger partial charge is 0.133 e. The van der Waals surface area contributed by atoms with Gasteiger partial charge in [-0.3, -0.25) is 4.79 Å². The van der Waals surface area contributed by atoms with E-state index in [1.807, 2.05) is 12.1 Å². The molecule has 13 atom stereocenters. The number of hydrogen-bond donors (Lipinski definition) is 3. The second-order valence-electron chi connectivity index (χ2n) is 17.3. The summed E-state index contributed by atoms with van der Waals surface area (Å²) in [6.45, 7) is 9.42. The molecule has 4 heteroatoms. The molecule has 0 bridgehead atoms. The average Bonchev–Trinajstić information content (AvgIpc) is 3.46. The predicted octanol–water partition coefficient (Wildman–Crippen LogP) is 7.82. The van der Waals surface area contributed by atoms with Crippen LogP contribution in [0.15, 0.2) is 18.2 Å². The first kappa shape index (κ1) is 30.8. The van der Waals surface area contributed by atoms with Crippen molar-refractivity contribution in [3.63, 3.8) is 0 Å². The zero-order valence-electron chi connectivity index (χ0n) is 27.7. The normalized spacial score (nSPS) is 50.4. The number of aliphatic hydroxyl groups excluding tert-OH is 1. The van der Waals surface area contributed by atoms with Crippen molar-refractivity contribution in [3.05, 3.63) is 29.3 Å². The summed E-state index contributed by atoms with van der Waals surface area (Å²) in [4.78, 5) is 12.1. The summed E-state index contributed by atoms with van der Waals surface area (Å²) >= 11 is 0. The van der Waals surface area contributed by atoms with Crippen LogP contribution in [0.3, 0.4) is 0 Å². The minimum Gasteiger partial charge on any atom is -0.508 e. The maximum Gasteiger partial charge on any atom is 0.133 e. The number of fused-ring (bicyclic) bond motifs is 10. The average molecular weight is 601 g/mol. The van der Waals surface area contributed by atoms with E-state index in [-0.39, 0.29) is 16.9 Å². The summed E-state index contributed by atoms with van der Waals surface area (Å²) in [5.41, 5.74) is 2.24. The van der Waals surface area contributed by atoms with Gasteiger partial charge in [0.05, 0.1) is 6.10 Å². The van der Waals surface area contributed by atoms with Crippen LogP contribution < -0.4 is 0 Å². The zero-order valence-corrected chi connectivity index (χ0v) is 27.7. The fourth-order valence-electron chi connectivity index (χ4n) is 13.3. The van der Waals surface area contributed by atoms with Gasteiger partial charge in [0.2, 0.25) is 0 Å². The highest BCUT2D eigenvalue weighted by Gasteiger charge is 2.62. The number of aliphatic hydroxyl groups is 2. The molecular formula is C40H56O4. The maximum atomic E-state index is 12.1. The lowest BCUT2D eigenvalue weighted by Gasteiger charge is -2.62. The lowest BCUT2D eigenvalue weighted by molar-refractivity contribution is -0.154. The van der Waals surface area contributed by atoms with Gasteiger partial charge in [-0.2, -0.15) is 0 Å². The molecule has 0 aliphatic heterocycles. The number of carbonyl (C=O) groups is 1. The van der Waals surface area contributed by atoms with Crippen molar-refractivity contribution in [3.8, 4) is 18.1 Å². The minimum atomic E-state index is -0.919. The Morgan fingerprint density at radius 1 is 0.864 bits per heavy atom. The van der Waals surface area contributed by atoms with Crippen LogP contribution in [0.4, 0.5) is 0 Å². The third-order valence-electron chi connectivity index (χ3n) is 16.1. The summed E-state index contributed by atoms with van der Waals surface area (Å²) in [7, 11) is 0. The van der Waals surface area contributed by atoms with Gasteiger partial charge < -0.3 is 15.3 Å². The van der Waals surface area contributed by atoms with Gasteiger partial charge in [0.25, 0.3) is 0 Å². The highest BCUT2D eigenvalue weighted by molar-refractivity contribution is 5.80. The van der Waals surface area contributed by atoms with Gasteiger partial charge in [-0.15, -0.1) is 6.42 Å². The zero-order chi connectivity index (χ0) is 31.2. The molecule has 0 heterocycles. The highest BCUT2D eigenvalue weighted by atomic mass is 16.3. The molecule has 1 aromatic rings. The van der Waals surface area contributed by atoms with Crippen LogP contribution in [0.5, 0.6) is 5.75 Å². The fourth-order valence-corrected chi connectivity index (χ4v) is 13.3. The fraction of sp³-hybridized carbons (Fsp3) is 0.775. The van der Waals surface area contributed by atoms with Crippen molar-refractivity contribution in [2.75, 3.05) is 0 Å². The van der Waals surface area contributed by atoms with Gasteiger partial charge in [-0.1, -0.05) is 39.7 Å². The number of aromatic hydroxyl groups is 1. The Kier molecular flexibility index (Phi) is 7.42. The number of carbonyl (C=O) groups excluding carboxylic acids is 1. The van der Waals surface area contributed by atoms with E-state index in [9.17, 15) is 20.1 Å². The molecule has 7 aliphatic rings. The number of phenolic OH excluding ortho intramolecular Hbond substituents is 1. The summed E-state index contributed by atoms with van der Waals surface area (Å²) in [5, 5.41) is 31.1. The monoisotopic (exact) mass is 600 g/mol. The summed E-state index contributed by atoms with van der Waals surface area (Å²) in [6, 6.07) is 5.87. The third-order valence-corrected chi connectivity index (χ3v) is 16.1. The Labute approximate surface area is 265 Å². The van der Waals surface area contributed by atoms with Crippen LogP contribution in [0, 0.1) is 70.0 Å². The van der Waals surface area contributed by atoms with Crippen molar-refractivity contribution in [2.45, 2.75) is 135 Å². The van der Waals surface area contributed by atoms with Gasteiger partial charge in [-0.25, -0.2) is 0 Å². The number of Topliss-reactive ketones (excluding diaryl/α,β-unsaturated/α-hetero) is 1. The number of phenols is 1. The summed E-state index contributed by atoms with van der Waals surface area (Å²) < 4.78 is 0. The van der Waals surface area contributed by atoms with Crippen LogP contribution in [0.1, 0.15) is 128 Å². The molecule has 4 nitrogen and oxygen atoms in total. The molecule has 6 fully saturated rings. The number of aryl methyl sites for hydroxylation is 1. The van der Waals surface area contributed by atoms with Crippen LogP contribution in [-0.2, 0) is 11.2 Å². The van der Waals surface area contributed by atoms with Crippen LogP contribution in [-0.4, -0.2) is 32.8 Å². The number of ketones is 1. The second-order valence-corrected chi connectivity index (χ2v) is 17.3. The van der Waals surface area contributed by atoms with Gasteiger partial charge in [-0.05, 0) is 158 Å². The van der Waals surface area contributed by atoms with Crippen LogP contribution >= 0.6 is 0 Å². The number of terminal acetylenes is 1. The van der Waals surface area contributed by atoms with E-state index in [4.69, 9.17) is 6.42 Å². The Hall–Kier alpha value is -1.83. The molecule has 1 aromatic carbocycles. The third kappa shape index (κ3) is 4.27. The van der Waals surface area contributed by atoms with E-state index in [1.54, 1.807) is 0 Å². The maximum absolute atomic E-state index is 12.1. The molecule has 3 N–H and O–H groups in total. The van der Waals surface area contributed by atoms with Gasteiger partial charge >= 0.3 is 0 Å². The molecule has 0 radical (unpaired) electrons. The molecule has 7 aliphatic carbocycles. The van der Waals surface area contributed by atoms with E-state index in [0.29, 0.717) is 46.5 Å². The second kappa shape index (κ2) is 10.6. The van der Waals surface area contributed by atoms with E-state index in [0.717, 1.165) is 75.5 Å². The minimum absolute atomic E-state index is 0.0747. The quantitative estimate of drug-likeness (QED) is 0.265. The lowest BCUT2D eigenvalue weighted by Crippen LogP contribution is -2.56. The molecule has 8 rings (SSSR count). The molecule has 0 aromatic heterocycles. The number of hydrogen-bond acceptors (Lipinski definition) is 4. The van der Waals surface area contributed by atoms with Crippen molar-refractivity contribution >= 4 is 5.78 Å². The van der Waals surface area contributed by atoms with E-state index in [2.05, 4.69) is 39.7 Å². The van der Waals surface area contributed by atoms with Crippen molar-refractivity contribution in [1.29, 1.82) is 0 Å². The number of benzene rings is 1. The summed E-state index contributed by atoms with van der Waals surface area (Å²) in [6.07, 6.45) is 20.6. The molecule has 6 saturated carbocycles. The Bertz CT molecular complexity index is 1350. The topological polar surface area (TPSA) is 77.8 Å². The summed E-state index contributed by atoms with van der Waals surface area (Å²) in [5.74, 6) is 8.81. The molecule has 0 amide bonds. The molecule has 240 valence electrons. The standard InChI is InChI=1S/C20H32O2.C20H24O2/c1-12-10-14(21)11-13-4-5-15-16-6-7-18(22)19(16,2)9-8-17(15)20(12,13)3;1-3-20(22)11-9-18-17-6-4-13-12-14(21)5-7-15(13)16(17)8-10-19(18,20)2/h12-13,15-18,22H,4-11H2,1-3H3;1,5,7,12,16-18,21-22H,4,6,8-11H2,2H3/t12-,13-,15-,16-,17-,18-,19-,20-;16-,17-,18+,19+,20+/m01/s1. The first-order valence-electron chi connectivity index (χ1n) is 18.1. The first-order valence-corrected chi connectivity index (χ1v) is 18.1. The van der Waals surface area contributed by atoms with Gasteiger partial charge in [0, 0.05) is 18.3 Å². The van der Waals surface area contributed by atoms with Gasteiger partial charge in [0.15, 0.2) is 0 Å². The van der Waals surface area contributed by atoms with Crippen molar-refractivity contribution in [2.24, 2.45) is 57.7 Å². The Morgan fingerprint density at radius 2 is 1.64 bits per heavy atom. The first-order chi connectivity index (χ1) is 20.9.